The first kappa shape index (κ1) is 15.9. The lowest BCUT2D eigenvalue weighted by atomic mass is 9.83. The van der Waals surface area contributed by atoms with Crippen molar-refractivity contribution < 1.29 is 0 Å². The average Bonchev–Trinajstić information content (AvgIpc) is 2.78. The van der Waals surface area contributed by atoms with Gasteiger partial charge in [-0.2, -0.15) is 0 Å². The predicted molar refractivity (Wildman–Crippen MR) is 79.8 cm³/mol. The molecule has 1 aliphatic rings. The smallest absolute Gasteiger partial charge is 0.0359 e. The SMILES string of the molecule is CCC1CCCC1(CN)N(CC)CCCN(C)C. The highest BCUT2D eigenvalue weighted by Crippen LogP contribution is 2.41. The molecule has 2 unspecified atom stereocenters. The van der Waals surface area contributed by atoms with Gasteiger partial charge in [-0.15, -0.1) is 0 Å². The van der Waals surface area contributed by atoms with Crippen LogP contribution in [0.2, 0.25) is 0 Å². The Balaban J connectivity index is 2.64. The van der Waals surface area contributed by atoms with Crippen LogP contribution < -0.4 is 5.73 Å². The van der Waals surface area contributed by atoms with Crippen molar-refractivity contribution in [2.45, 2.75) is 51.5 Å². The van der Waals surface area contributed by atoms with Crippen LogP contribution in [-0.2, 0) is 0 Å². The molecule has 1 aliphatic carbocycles. The van der Waals surface area contributed by atoms with Crippen molar-refractivity contribution in [3.63, 3.8) is 0 Å². The van der Waals surface area contributed by atoms with Crippen molar-refractivity contribution in [3.05, 3.63) is 0 Å². The first-order valence-corrected chi connectivity index (χ1v) is 7.70. The first-order valence-electron chi connectivity index (χ1n) is 7.70. The maximum atomic E-state index is 6.19. The summed E-state index contributed by atoms with van der Waals surface area (Å²) in [5.41, 5.74) is 6.49. The van der Waals surface area contributed by atoms with Crippen molar-refractivity contribution in [3.8, 4) is 0 Å². The summed E-state index contributed by atoms with van der Waals surface area (Å²) in [5, 5.41) is 0. The number of rotatable bonds is 8. The van der Waals surface area contributed by atoms with E-state index in [0.717, 1.165) is 19.0 Å². The molecule has 18 heavy (non-hydrogen) atoms. The van der Waals surface area contributed by atoms with Gasteiger partial charge in [0.2, 0.25) is 0 Å². The second kappa shape index (κ2) is 7.46. The van der Waals surface area contributed by atoms with Crippen molar-refractivity contribution in [2.75, 3.05) is 40.3 Å². The van der Waals surface area contributed by atoms with Gasteiger partial charge < -0.3 is 10.6 Å². The summed E-state index contributed by atoms with van der Waals surface area (Å²) in [6.45, 7) is 8.96. The van der Waals surface area contributed by atoms with Crippen LogP contribution in [0, 0.1) is 5.92 Å². The number of hydrogen-bond acceptors (Lipinski definition) is 3. The highest BCUT2D eigenvalue weighted by atomic mass is 15.2. The number of nitrogens with zero attached hydrogens (tertiary/aromatic N) is 2. The molecule has 0 saturated heterocycles. The van der Waals surface area contributed by atoms with Crippen LogP contribution in [0.3, 0.4) is 0 Å². The Kier molecular flexibility index (Phi) is 6.61. The van der Waals surface area contributed by atoms with Gasteiger partial charge in [-0.25, -0.2) is 0 Å². The van der Waals surface area contributed by atoms with Gasteiger partial charge in [-0.3, -0.25) is 4.90 Å². The minimum absolute atomic E-state index is 0.301. The van der Waals surface area contributed by atoms with Gasteiger partial charge in [-0.1, -0.05) is 26.7 Å². The maximum absolute atomic E-state index is 6.19. The Morgan fingerprint density at radius 1 is 1.22 bits per heavy atom. The van der Waals surface area contributed by atoms with Crippen molar-refractivity contribution >= 4 is 0 Å². The van der Waals surface area contributed by atoms with Crippen LogP contribution in [0.4, 0.5) is 0 Å². The van der Waals surface area contributed by atoms with Gasteiger partial charge >= 0.3 is 0 Å². The second-order valence-corrected chi connectivity index (χ2v) is 6.04. The van der Waals surface area contributed by atoms with E-state index in [-0.39, 0.29) is 0 Å². The second-order valence-electron chi connectivity index (χ2n) is 6.04. The lowest BCUT2D eigenvalue weighted by molar-refractivity contribution is 0.0575. The molecule has 0 aromatic heterocycles. The van der Waals surface area contributed by atoms with E-state index >= 15 is 0 Å². The monoisotopic (exact) mass is 255 g/mol. The van der Waals surface area contributed by atoms with Gasteiger partial charge in [0.15, 0.2) is 0 Å². The van der Waals surface area contributed by atoms with Gasteiger partial charge in [0.05, 0.1) is 0 Å². The van der Waals surface area contributed by atoms with E-state index in [1.165, 1.54) is 45.2 Å². The number of likely N-dealkylation sites (N-methyl/N-ethyl adjacent to an activating group) is 1. The zero-order chi connectivity index (χ0) is 13.6. The van der Waals surface area contributed by atoms with Crippen LogP contribution in [0.25, 0.3) is 0 Å². The van der Waals surface area contributed by atoms with Crippen LogP contribution >= 0.6 is 0 Å². The third-order valence-corrected chi connectivity index (χ3v) is 4.81. The highest BCUT2D eigenvalue weighted by Gasteiger charge is 2.44. The van der Waals surface area contributed by atoms with Gasteiger partial charge in [0.25, 0.3) is 0 Å². The molecule has 0 aliphatic heterocycles. The largest absolute Gasteiger partial charge is 0.329 e. The molecule has 1 rings (SSSR count). The summed E-state index contributed by atoms with van der Waals surface area (Å²) >= 11 is 0. The molecule has 2 atom stereocenters. The lowest BCUT2D eigenvalue weighted by Crippen LogP contribution is -2.56. The predicted octanol–water partition coefficient (Wildman–Crippen LogP) is 2.17. The summed E-state index contributed by atoms with van der Waals surface area (Å²) in [6, 6.07) is 0. The quantitative estimate of drug-likeness (QED) is 0.721. The summed E-state index contributed by atoms with van der Waals surface area (Å²) in [5.74, 6) is 0.807. The maximum Gasteiger partial charge on any atom is 0.0359 e. The molecule has 0 heterocycles. The standard InChI is InChI=1S/C15H33N3/c1-5-14-9-7-10-15(14,13-16)18(6-2)12-8-11-17(3)4/h14H,5-13,16H2,1-4H3. The van der Waals surface area contributed by atoms with E-state index in [1.54, 1.807) is 0 Å². The van der Waals surface area contributed by atoms with Crippen LogP contribution in [0.1, 0.15) is 46.0 Å². The average molecular weight is 255 g/mol. The topological polar surface area (TPSA) is 32.5 Å². The van der Waals surface area contributed by atoms with Crippen molar-refractivity contribution in [1.29, 1.82) is 0 Å². The molecule has 0 spiro atoms. The van der Waals surface area contributed by atoms with Crippen LogP contribution in [0.15, 0.2) is 0 Å². The molecule has 0 bridgehead atoms. The molecular weight excluding hydrogens is 222 g/mol. The number of nitrogens with two attached hydrogens (primary N) is 1. The van der Waals surface area contributed by atoms with Crippen LogP contribution in [-0.4, -0.2) is 55.6 Å². The lowest BCUT2D eigenvalue weighted by Gasteiger charge is -2.45. The zero-order valence-electron chi connectivity index (χ0n) is 12.9. The fourth-order valence-corrected chi connectivity index (χ4v) is 3.80. The molecule has 1 saturated carbocycles. The molecule has 0 amide bonds. The fourth-order valence-electron chi connectivity index (χ4n) is 3.80. The molecule has 0 radical (unpaired) electrons. The summed E-state index contributed by atoms with van der Waals surface area (Å²) in [4.78, 5) is 4.95. The third kappa shape index (κ3) is 3.46. The molecule has 1 fully saturated rings. The molecule has 3 heteroatoms. The van der Waals surface area contributed by atoms with Gasteiger partial charge in [-0.05, 0) is 58.9 Å². The van der Waals surface area contributed by atoms with Crippen LogP contribution in [0.5, 0.6) is 0 Å². The molecular formula is C15H33N3. The Bertz CT molecular complexity index is 230. The summed E-state index contributed by atoms with van der Waals surface area (Å²) < 4.78 is 0. The van der Waals surface area contributed by atoms with Crippen molar-refractivity contribution in [1.82, 2.24) is 9.80 Å². The van der Waals surface area contributed by atoms with Crippen molar-refractivity contribution in [2.24, 2.45) is 11.7 Å². The zero-order valence-corrected chi connectivity index (χ0v) is 12.9. The molecule has 0 aromatic rings. The van der Waals surface area contributed by atoms with E-state index in [0.29, 0.717) is 5.54 Å². The van der Waals surface area contributed by atoms with E-state index in [4.69, 9.17) is 5.73 Å². The Morgan fingerprint density at radius 3 is 2.44 bits per heavy atom. The molecule has 108 valence electrons. The van der Waals surface area contributed by atoms with Gasteiger partial charge in [0.1, 0.15) is 0 Å². The first-order chi connectivity index (χ1) is 8.60. The normalized spacial score (nSPS) is 28.5. The van der Waals surface area contributed by atoms with E-state index in [1.807, 2.05) is 0 Å². The Morgan fingerprint density at radius 2 is 1.94 bits per heavy atom. The highest BCUT2D eigenvalue weighted by molar-refractivity contribution is 5.01. The van der Waals surface area contributed by atoms with E-state index in [2.05, 4.69) is 37.7 Å². The van der Waals surface area contributed by atoms with E-state index < -0.39 is 0 Å². The summed E-state index contributed by atoms with van der Waals surface area (Å²) in [7, 11) is 4.30. The minimum Gasteiger partial charge on any atom is -0.329 e. The molecule has 2 N–H and O–H groups in total. The fraction of sp³-hybridized carbons (Fsp3) is 1.00. The Labute approximate surface area is 114 Å². The van der Waals surface area contributed by atoms with Gasteiger partial charge in [0, 0.05) is 12.1 Å². The Hall–Kier alpha value is -0.120. The minimum atomic E-state index is 0.301. The molecule has 3 nitrogen and oxygen atoms in total. The third-order valence-electron chi connectivity index (χ3n) is 4.81. The number of hydrogen-bond donors (Lipinski definition) is 1. The van der Waals surface area contributed by atoms with E-state index in [9.17, 15) is 0 Å². The summed E-state index contributed by atoms with van der Waals surface area (Å²) in [6.07, 6.45) is 6.57. The molecule has 0 aromatic carbocycles.